The zero-order valence-corrected chi connectivity index (χ0v) is 21.4. The van der Waals surface area contributed by atoms with Crippen LogP contribution in [-0.2, 0) is 9.59 Å². The summed E-state index contributed by atoms with van der Waals surface area (Å²) in [6.07, 6.45) is 0. The average molecular weight is 485 g/mol. The molecule has 1 amide bonds. The van der Waals surface area contributed by atoms with E-state index in [1.54, 1.807) is 24.3 Å². The highest BCUT2D eigenvalue weighted by atomic mass is 16.5. The molecule has 0 radical (unpaired) electrons. The molecule has 186 valence electrons. The van der Waals surface area contributed by atoms with Crippen molar-refractivity contribution < 1.29 is 19.4 Å². The molecule has 3 aromatic carbocycles. The Hall–Kier alpha value is -4.06. The van der Waals surface area contributed by atoms with E-state index in [1.807, 2.05) is 74.4 Å². The highest BCUT2D eigenvalue weighted by molar-refractivity contribution is 6.51. The van der Waals surface area contributed by atoms with Gasteiger partial charge in [0.05, 0.1) is 18.2 Å². The number of nitrogens with zero attached hydrogens (tertiary/aromatic N) is 2. The standard InChI is InChI=1S/C30H32N2O4/c1-6-36-25-9-7-8-22(18-25)28(33)26-27(21-12-10-20(11-13-21)19(2)3)32(30(35)29(26)34)24-16-14-23(15-17-24)31(4)5/h7-19,27,33H,6H2,1-5H3/b28-26+. The van der Waals surface area contributed by atoms with Crippen molar-refractivity contribution in [2.24, 2.45) is 0 Å². The smallest absolute Gasteiger partial charge is 0.300 e. The van der Waals surface area contributed by atoms with Gasteiger partial charge in [-0.1, -0.05) is 50.2 Å². The molecule has 0 aliphatic carbocycles. The molecule has 0 aromatic heterocycles. The maximum atomic E-state index is 13.4. The third-order valence-electron chi connectivity index (χ3n) is 6.43. The molecular formula is C30H32N2O4. The molecule has 4 rings (SSSR count). The Morgan fingerprint density at radius 3 is 2.25 bits per heavy atom. The fourth-order valence-electron chi connectivity index (χ4n) is 4.44. The van der Waals surface area contributed by atoms with Gasteiger partial charge in [-0.15, -0.1) is 0 Å². The third-order valence-corrected chi connectivity index (χ3v) is 6.43. The Bertz CT molecular complexity index is 1290. The van der Waals surface area contributed by atoms with Crippen LogP contribution in [0.1, 0.15) is 49.4 Å². The molecule has 0 spiro atoms. The largest absolute Gasteiger partial charge is 0.507 e. The molecule has 6 heteroatoms. The van der Waals surface area contributed by atoms with Crippen LogP contribution in [0.3, 0.4) is 0 Å². The molecule has 1 aliphatic rings. The molecule has 1 N–H and O–H groups in total. The lowest BCUT2D eigenvalue weighted by Gasteiger charge is -2.26. The number of Topliss-reactive ketones (excluding diaryl/α,β-unsaturated/α-hetero) is 1. The lowest BCUT2D eigenvalue weighted by atomic mass is 9.93. The Balaban J connectivity index is 1.89. The van der Waals surface area contributed by atoms with Gasteiger partial charge >= 0.3 is 0 Å². The van der Waals surface area contributed by atoms with Crippen LogP contribution in [-0.4, -0.2) is 37.5 Å². The zero-order valence-electron chi connectivity index (χ0n) is 21.4. The molecule has 3 aromatic rings. The Labute approximate surface area is 212 Å². The minimum Gasteiger partial charge on any atom is -0.507 e. The van der Waals surface area contributed by atoms with Gasteiger partial charge in [-0.25, -0.2) is 0 Å². The number of aliphatic hydroxyl groups excluding tert-OH is 1. The molecule has 1 atom stereocenters. The number of aliphatic hydroxyl groups is 1. The summed E-state index contributed by atoms with van der Waals surface area (Å²) in [6.45, 7) is 6.57. The summed E-state index contributed by atoms with van der Waals surface area (Å²) in [5, 5.41) is 11.4. The molecule has 1 saturated heterocycles. The number of rotatable bonds is 7. The van der Waals surface area contributed by atoms with E-state index >= 15 is 0 Å². The van der Waals surface area contributed by atoms with Crippen molar-refractivity contribution in [3.8, 4) is 5.75 Å². The van der Waals surface area contributed by atoms with Gasteiger partial charge in [0.1, 0.15) is 11.5 Å². The average Bonchev–Trinajstić information content (AvgIpc) is 3.14. The predicted octanol–water partition coefficient (Wildman–Crippen LogP) is 5.90. The number of benzene rings is 3. The van der Waals surface area contributed by atoms with E-state index < -0.39 is 17.7 Å². The van der Waals surface area contributed by atoms with Crippen molar-refractivity contribution in [1.29, 1.82) is 0 Å². The molecule has 1 heterocycles. The van der Waals surface area contributed by atoms with Crippen LogP contribution >= 0.6 is 0 Å². The van der Waals surface area contributed by atoms with Gasteiger partial charge < -0.3 is 14.7 Å². The summed E-state index contributed by atoms with van der Waals surface area (Å²) >= 11 is 0. The number of hydrogen-bond acceptors (Lipinski definition) is 5. The van der Waals surface area contributed by atoms with E-state index in [2.05, 4.69) is 13.8 Å². The first-order valence-electron chi connectivity index (χ1n) is 12.1. The predicted molar refractivity (Wildman–Crippen MR) is 144 cm³/mol. The van der Waals surface area contributed by atoms with E-state index in [-0.39, 0.29) is 11.3 Å². The van der Waals surface area contributed by atoms with Gasteiger partial charge in [-0.05, 0) is 60.4 Å². The maximum absolute atomic E-state index is 13.4. The molecule has 1 fully saturated rings. The SMILES string of the molecule is CCOc1cccc(/C(O)=C2\C(=O)C(=O)N(c3ccc(N(C)C)cc3)C2c2ccc(C(C)C)cc2)c1. The Kier molecular flexibility index (Phi) is 7.15. The van der Waals surface area contributed by atoms with Crippen molar-refractivity contribution in [2.75, 3.05) is 30.5 Å². The molecule has 1 aliphatic heterocycles. The lowest BCUT2D eigenvalue weighted by Crippen LogP contribution is -2.29. The molecule has 36 heavy (non-hydrogen) atoms. The zero-order chi connectivity index (χ0) is 26.0. The summed E-state index contributed by atoms with van der Waals surface area (Å²) in [4.78, 5) is 30.2. The van der Waals surface area contributed by atoms with Gasteiger partial charge in [0, 0.05) is 31.0 Å². The fraction of sp³-hybridized carbons (Fsp3) is 0.267. The summed E-state index contributed by atoms with van der Waals surface area (Å²) in [5.74, 6) is -0.699. The quantitative estimate of drug-likeness (QED) is 0.257. The van der Waals surface area contributed by atoms with Gasteiger partial charge in [0.2, 0.25) is 0 Å². The lowest BCUT2D eigenvalue weighted by molar-refractivity contribution is -0.132. The first kappa shape index (κ1) is 25.0. The first-order valence-corrected chi connectivity index (χ1v) is 12.1. The summed E-state index contributed by atoms with van der Waals surface area (Å²) in [7, 11) is 3.88. The topological polar surface area (TPSA) is 70.1 Å². The van der Waals surface area contributed by atoms with Crippen LogP contribution in [0.15, 0.2) is 78.4 Å². The summed E-state index contributed by atoms with van der Waals surface area (Å²) in [5.41, 5.74) is 3.94. The van der Waals surface area contributed by atoms with Crippen LogP contribution in [0.2, 0.25) is 0 Å². The minimum absolute atomic E-state index is 0.0580. The van der Waals surface area contributed by atoms with E-state index in [0.717, 1.165) is 16.8 Å². The van der Waals surface area contributed by atoms with E-state index in [4.69, 9.17) is 4.74 Å². The van der Waals surface area contributed by atoms with Crippen LogP contribution < -0.4 is 14.5 Å². The molecule has 0 saturated carbocycles. The van der Waals surface area contributed by atoms with Crippen LogP contribution in [0.5, 0.6) is 5.75 Å². The second kappa shape index (κ2) is 10.3. The first-order chi connectivity index (χ1) is 17.2. The van der Waals surface area contributed by atoms with Crippen LogP contribution in [0, 0.1) is 0 Å². The Morgan fingerprint density at radius 1 is 1.00 bits per heavy atom. The van der Waals surface area contributed by atoms with Crippen molar-refractivity contribution in [3.63, 3.8) is 0 Å². The number of amides is 1. The molecule has 0 bridgehead atoms. The summed E-state index contributed by atoms with van der Waals surface area (Å²) < 4.78 is 5.58. The van der Waals surface area contributed by atoms with E-state index in [9.17, 15) is 14.7 Å². The van der Waals surface area contributed by atoms with E-state index in [1.165, 1.54) is 4.90 Å². The van der Waals surface area contributed by atoms with Crippen molar-refractivity contribution in [2.45, 2.75) is 32.7 Å². The number of carbonyl (C=O) groups is 2. The third kappa shape index (κ3) is 4.71. The number of hydrogen-bond donors (Lipinski definition) is 1. The molecular weight excluding hydrogens is 452 g/mol. The minimum atomic E-state index is -0.771. The number of carbonyl (C=O) groups excluding carboxylic acids is 2. The second-order valence-corrected chi connectivity index (χ2v) is 9.36. The highest BCUT2D eigenvalue weighted by Crippen LogP contribution is 2.43. The second-order valence-electron chi connectivity index (χ2n) is 9.36. The summed E-state index contributed by atoms with van der Waals surface area (Å²) in [6, 6.07) is 21.5. The normalized spacial score (nSPS) is 17.1. The maximum Gasteiger partial charge on any atom is 0.300 e. The van der Waals surface area contributed by atoms with Gasteiger partial charge in [0.15, 0.2) is 0 Å². The number of ether oxygens (including phenoxy) is 1. The molecule has 1 unspecified atom stereocenters. The van der Waals surface area contributed by atoms with Crippen LogP contribution in [0.4, 0.5) is 11.4 Å². The Morgan fingerprint density at radius 2 is 1.67 bits per heavy atom. The van der Waals surface area contributed by atoms with Crippen molar-refractivity contribution >= 4 is 28.8 Å². The molecule has 6 nitrogen and oxygen atoms in total. The number of anilines is 2. The fourth-order valence-corrected chi connectivity index (χ4v) is 4.44. The monoisotopic (exact) mass is 484 g/mol. The highest BCUT2D eigenvalue weighted by Gasteiger charge is 2.47. The number of ketones is 1. The van der Waals surface area contributed by atoms with E-state index in [0.29, 0.717) is 29.5 Å². The van der Waals surface area contributed by atoms with Crippen molar-refractivity contribution in [3.05, 3.63) is 95.1 Å². The van der Waals surface area contributed by atoms with Crippen molar-refractivity contribution in [1.82, 2.24) is 0 Å². The van der Waals surface area contributed by atoms with Gasteiger partial charge in [-0.3, -0.25) is 14.5 Å². The van der Waals surface area contributed by atoms with Crippen LogP contribution in [0.25, 0.3) is 5.76 Å². The van der Waals surface area contributed by atoms with Gasteiger partial charge in [-0.2, -0.15) is 0 Å². The van der Waals surface area contributed by atoms with Gasteiger partial charge in [0.25, 0.3) is 11.7 Å².